The topological polar surface area (TPSA) is 84.0 Å². The molecule has 2 amide bonds. The number of aromatic nitrogens is 1. The summed E-state index contributed by atoms with van der Waals surface area (Å²) < 4.78 is 12.8. The Morgan fingerprint density at radius 1 is 1.16 bits per heavy atom. The van der Waals surface area contributed by atoms with Gasteiger partial charge in [-0.3, -0.25) is 14.5 Å². The highest BCUT2D eigenvalue weighted by molar-refractivity contribution is 7.16. The molecule has 8 nitrogen and oxygen atoms in total. The Morgan fingerprint density at radius 3 is 2.97 bits per heavy atom. The molecule has 1 aromatic heterocycles. The molecule has 2 aromatic carbocycles. The Bertz CT molecular complexity index is 1330. The summed E-state index contributed by atoms with van der Waals surface area (Å²) in [5, 5.41) is 3.18. The number of amides is 2. The number of carbonyl (C=O) groups is 2. The zero-order valence-electron chi connectivity index (χ0n) is 21.7. The second-order valence-corrected chi connectivity index (χ2v) is 11.4. The number of fused-ring (bicyclic) bond motifs is 9. The van der Waals surface area contributed by atoms with E-state index in [0.29, 0.717) is 43.3 Å². The Hall–Kier alpha value is -3.17. The molecule has 3 aliphatic rings. The van der Waals surface area contributed by atoms with Crippen molar-refractivity contribution in [2.24, 2.45) is 5.92 Å². The van der Waals surface area contributed by atoms with Gasteiger partial charge >= 0.3 is 0 Å². The van der Waals surface area contributed by atoms with Gasteiger partial charge in [0.05, 0.1) is 36.0 Å². The number of hydrogen-bond acceptors (Lipinski definition) is 7. The highest BCUT2D eigenvalue weighted by atomic mass is 32.1. The molecule has 0 radical (unpaired) electrons. The van der Waals surface area contributed by atoms with Gasteiger partial charge in [-0.25, -0.2) is 4.98 Å². The van der Waals surface area contributed by atoms with E-state index < -0.39 is 0 Å². The maximum Gasteiger partial charge on any atom is 0.254 e. The molecule has 0 unspecified atom stereocenters. The Balaban J connectivity index is 1.24. The lowest BCUT2D eigenvalue weighted by atomic mass is 9.94. The number of hydrogen-bond donors (Lipinski definition) is 1. The summed E-state index contributed by atoms with van der Waals surface area (Å²) in [4.78, 5) is 35.2. The van der Waals surface area contributed by atoms with Gasteiger partial charge in [0.15, 0.2) is 11.5 Å². The van der Waals surface area contributed by atoms with Gasteiger partial charge in [0.1, 0.15) is 0 Å². The summed E-state index contributed by atoms with van der Waals surface area (Å²) in [6.07, 6.45) is 4.81. The number of benzene rings is 2. The Kier molecular flexibility index (Phi) is 7.21. The number of nitrogens with one attached hydrogen (secondary N) is 1. The van der Waals surface area contributed by atoms with Crippen LogP contribution in [0.4, 0.5) is 0 Å². The van der Waals surface area contributed by atoms with E-state index in [9.17, 15) is 9.59 Å². The van der Waals surface area contributed by atoms with Crippen molar-refractivity contribution in [3.05, 3.63) is 53.0 Å². The molecule has 6 rings (SSSR count). The van der Waals surface area contributed by atoms with E-state index in [0.717, 1.165) is 53.9 Å². The quantitative estimate of drug-likeness (QED) is 0.529. The molecule has 38 heavy (non-hydrogen) atoms. The van der Waals surface area contributed by atoms with Crippen molar-refractivity contribution >= 4 is 33.4 Å². The van der Waals surface area contributed by atoms with E-state index in [1.54, 1.807) is 23.6 Å². The average Bonchev–Trinajstić information content (AvgIpc) is 3.67. The first-order valence-corrected chi connectivity index (χ1v) is 14.4. The van der Waals surface area contributed by atoms with E-state index in [4.69, 9.17) is 9.47 Å². The SMILES string of the molecule is COc1ccc2cc1OCCCCN(C(=O)c1ccc3ncsc3c1)CC(=O)NC[C@H]1C[C@H]2N2CCC[C@@H]12. The summed E-state index contributed by atoms with van der Waals surface area (Å²) in [6.45, 7) is 2.76. The van der Waals surface area contributed by atoms with E-state index in [1.165, 1.54) is 23.3 Å². The number of rotatable bonds is 2. The second kappa shape index (κ2) is 10.9. The summed E-state index contributed by atoms with van der Waals surface area (Å²) in [6, 6.07) is 12.6. The molecule has 2 saturated heterocycles. The Morgan fingerprint density at radius 2 is 2.08 bits per heavy atom. The van der Waals surface area contributed by atoms with Crippen molar-refractivity contribution in [1.82, 2.24) is 20.1 Å². The van der Waals surface area contributed by atoms with Crippen LogP contribution in [-0.2, 0) is 4.79 Å². The molecule has 0 spiro atoms. The van der Waals surface area contributed by atoms with Crippen LogP contribution >= 0.6 is 11.3 Å². The molecule has 4 bridgehead atoms. The fraction of sp³-hybridized carbons (Fsp3) is 0.483. The van der Waals surface area contributed by atoms with Gasteiger partial charge in [-0.1, -0.05) is 6.07 Å². The van der Waals surface area contributed by atoms with Crippen LogP contribution < -0.4 is 14.8 Å². The van der Waals surface area contributed by atoms with Crippen LogP contribution in [0.15, 0.2) is 41.9 Å². The summed E-state index contributed by atoms with van der Waals surface area (Å²) in [7, 11) is 1.67. The molecule has 9 heteroatoms. The summed E-state index contributed by atoms with van der Waals surface area (Å²) in [5.41, 5.74) is 4.50. The minimum Gasteiger partial charge on any atom is -0.493 e. The molecule has 3 aliphatic heterocycles. The Labute approximate surface area is 226 Å². The highest BCUT2D eigenvalue weighted by Gasteiger charge is 2.44. The molecule has 3 atom stereocenters. The first kappa shape index (κ1) is 25.1. The lowest BCUT2D eigenvalue weighted by molar-refractivity contribution is -0.122. The summed E-state index contributed by atoms with van der Waals surface area (Å²) >= 11 is 1.51. The lowest BCUT2D eigenvalue weighted by Crippen LogP contribution is -2.43. The molecule has 4 heterocycles. The lowest BCUT2D eigenvalue weighted by Gasteiger charge is -2.25. The van der Waals surface area contributed by atoms with Crippen molar-refractivity contribution in [3.8, 4) is 11.5 Å². The van der Waals surface area contributed by atoms with Gasteiger partial charge in [-0.15, -0.1) is 11.3 Å². The van der Waals surface area contributed by atoms with E-state index in [2.05, 4.69) is 27.3 Å². The van der Waals surface area contributed by atoms with Crippen LogP contribution in [-0.4, -0.2) is 72.5 Å². The minimum atomic E-state index is -0.130. The van der Waals surface area contributed by atoms with Crippen LogP contribution in [0.3, 0.4) is 0 Å². The smallest absolute Gasteiger partial charge is 0.254 e. The number of thiazole rings is 1. The fourth-order valence-electron chi connectivity index (χ4n) is 6.33. The van der Waals surface area contributed by atoms with Gasteiger partial charge in [0.2, 0.25) is 5.91 Å². The van der Waals surface area contributed by atoms with Crippen LogP contribution in [0.5, 0.6) is 11.5 Å². The average molecular weight is 535 g/mol. The number of carbonyl (C=O) groups excluding carboxylic acids is 2. The second-order valence-electron chi connectivity index (χ2n) is 10.5. The zero-order chi connectivity index (χ0) is 26.1. The molecule has 200 valence electrons. The molecule has 0 aliphatic carbocycles. The van der Waals surface area contributed by atoms with Crippen LogP contribution in [0, 0.1) is 5.92 Å². The molecule has 3 aromatic rings. The standard InChI is InChI=1S/C29H34N4O4S/c1-36-25-9-7-19-14-26(25)37-12-3-2-10-32(29(35)20-6-8-22-27(15-20)38-18-31-22)17-28(34)30-16-21-13-24(19)33-11-4-5-23(21)33/h6-9,14-15,18,21,23-24H,2-5,10-13,16-17H2,1H3,(H,30,34)/t21-,23+,24-/m1/s1. The number of methoxy groups -OCH3 is 1. The van der Waals surface area contributed by atoms with E-state index in [-0.39, 0.29) is 18.4 Å². The number of nitrogens with zero attached hydrogens (tertiary/aromatic N) is 3. The predicted molar refractivity (Wildman–Crippen MR) is 147 cm³/mol. The first-order valence-electron chi connectivity index (χ1n) is 13.6. The van der Waals surface area contributed by atoms with Crippen molar-refractivity contribution in [3.63, 3.8) is 0 Å². The molecular weight excluding hydrogens is 500 g/mol. The maximum atomic E-state index is 13.5. The molecular formula is C29H34N4O4S. The fourth-order valence-corrected chi connectivity index (χ4v) is 7.05. The van der Waals surface area contributed by atoms with Gasteiger partial charge in [-0.2, -0.15) is 0 Å². The van der Waals surface area contributed by atoms with Crippen molar-refractivity contribution in [1.29, 1.82) is 0 Å². The largest absolute Gasteiger partial charge is 0.493 e. The van der Waals surface area contributed by atoms with Gasteiger partial charge in [0.25, 0.3) is 5.91 Å². The van der Waals surface area contributed by atoms with Crippen molar-refractivity contribution in [2.75, 3.05) is 39.9 Å². The van der Waals surface area contributed by atoms with Gasteiger partial charge in [-0.05, 0) is 80.5 Å². The van der Waals surface area contributed by atoms with E-state index >= 15 is 0 Å². The minimum absolute atomic E-state index is 0.0534. The van der Waals surface area contributed by atoms with Gasteiger partial charge < -0.3 is 19.7 Å². The molecule has 1 N–H and O–H groups in total. The molecule has 2 fully saturated rings. The van der Waals surface area contributed by atoms with Crippen molar-refractivity contribution in [2.45, 2.75) is 44.2 Å². The first-order chi connectivity index (χ1) is 18.6. The maximum absolute atomic E-state index is 13.5. The predicted octanol–water partition coefficient (Wildman–Crippen LogP) is 4.26. The third kappa shape index (κ3) is 4.97. The summed E-state index contributed by atoms with van der Waals surface area (Å²) in [5.74, 6) is 1.67. The van der Waals surface area contributed by atoms with E-state index in [1.807, 2.05) is 18.2 Å². The van der Waals surface area contributed by atoms with Crippen LogP contribution in [0.25, 0.3) is 10.2 Å². The highest BCUT2D eigenvalue weighted by Crippen LogP contribution is 2.46. The number of ether oxygens (including phenoxy) is 2. The zero-order valence-corrected chi connectivity index (χ0v) is 22.5. The van der Waals surface area contributed by atoms with Crippen molar-refractivity contribution < 1.29 is 19.1 Å². The normalized spacial score (nSPS) is 24.6. The third-order valence-corrected chi connectivity index (χ3v) is 9.02. The van der Waals surface area contributed by atoms with Crippen LogP contribution in [0.1, 0.15) is 54.1 Å². The monoisotopic (exact) mass is 534 g/mol. The third-order valence-electron chi connectivity index (χ3n) is 8.23. The van der Waals surface area contributed by atoms with Gasteiger partial charge in [0, 0.05) is 30.7 Å². The van der Waals surface area contributed by atoms with Crippen LogP contribution in [0.2, 0.25) is 0 Å². The molecule has 0 saturated carbocycles.